The summed E-state index contributed by atoms with van der Waals surface area (Å²) in [5.74, 6) is 2.56. The van der Waals surface area contributed by atoms with Crippen molar-refractivity contribution in [3.8, 4) is 23.0 Å². The van der Waals surface area contributed by atoms with Gasteiger partial charge in [-0.2, -0.15) is 0 Å². The molecule has 0 radical (unpaired) electrons. The summed E-state index contributed by atoms with van der Waals surface area (Å²) in [5, 5.41) is 2.56. The van der Waals surface area contributed by atoms with Crippen molar-refractivity contribution in [1.82, 2.24) is 4.98 Å². The molecule has 5 aromatic rings. The van der Waals surface area contributed by atoms with Crippen LogP contribution in [0.5, 0.6) is 23.0 Å². The van der Waals surface area contributed by atoms with E-state index in [0.717, 1.165) is 11.0 Å². The van der Waals surface area contributed by atoms with Gasteiger partial charge in [-0.1, -0.05) is 36.4 Å². The van der Waals surface area contributed by atoms with Crippen LogP contribution >= 0.6 is 23.2 Å². The third-order valence-electron chi connectivity index (χ3n) is 5.19. The number of H-pyrrole nitrogens is 1. The van der Waals surface area contributed by atoms with Crippen LogP contribution in [0.15, 0.2) is 97.3 Å². The first-order valence-corrected chi connectivity index (χ1v) is 11.6. The number of para-hydroxylation sites is 4. The summed E-state index contributed by atoms with van der Waals surface area (Å²) in [7, 11) is 0. The molecule has 1 spiro atoms. The van der Waals surface area contributed by atoms with Crippen LogP contribution in [0.3, 0.4) is 0 Å². The van der Waals surface area contributed by atoms with Gasteiger partial charge in [-0.05, 0) is 42.5 Å². The summed E-state index contributed by atoms with van der Waals surface area (Å²) in [6, 6.07) is 27.1. The van der Waals surface area contributed by atoms with Gasteiger partial charge in [-0.3, -0.25) is 0 Å². The first-order chi connectivity index (χ1) is 16.7. The molecule has 2 aliphatic rings. The topological polar surface area (TPSA) is 64.0 Å². The van der Waals surface area contributed by atoms with Crippen LogP contribution in [-0.4, -0.2) is 17.3 Å². The standard InChI is InChI=1S/C12H8BO4.C12H8N2.CH2Cl2/c1-2-6-10-9(5-1)14-13(15-10)16-11-7-3-4-8-12(11)17-13;1-3-9-5-6-10-4-2-8-14-12(10)11(9)13-7-1;2-1-3/h1-8H;1-8H;1H2/q-1;;/p+1. The van der Waals surface area contributed by atoms with Gasteiger partial charge in [0, 0.05) is 23.0 Å². The third kappa shape index (κ3) is 4.40. The zero-order valence-electron chi connectivity index (χ0n) is 17.9. The summed E-state index contributed by atoms with van der Waals surface area (Å²) in [4.78, 5) is 7.61. The Balaban J connectivity index is 0.000000129. The third-order valence-corrected chi connectivity index (χ3v) is 5.19. The molecule has 0 amide bonds. The lowest BCUT2D eigenvalue weighted by molar-refractivity contribution is -0.343. The Bertz CT molecular complexity index is 1290. The van der Waals surface area contributed by atoms with Gasteiger partial charge in [0.05, 0.1) is 5.34 Å². The molecule has 2 aromatic heterocycles. The Labute approximate surface area is 206 Å². The Morgan fingerprint density at radius 3 is 1.71 bits per heavy atom. The van der Waals surface area contributed by atoms with Crippen molar-refractivity contribution in [1.29, 1.82) is 0 Å². The lowest BCUT2D eigenvalue weighted by Crippen LogP contribution is -2.54. The van der Waals surface area contributed by atoms with Crippen molar-refractivity contribution < 1.29 is 23.6 Å². The van der Waals surface area contributed by atoms with Crippen LogP contribution in [0.2, 0.25) is 0 Å². The second kappa shape index (κ2) is 9.67. The minimum Gasteiger partial charge on any atom is -0.609 e. The lowest BCUT2D eigenvalue weighted by atomic mass is 10.1. The lowest BCUT2D eigenvalue weighted by Gasteiger charge is -2.27. The Hall–Kier alpha value is -3.68. The predicted octanol–water partition coefficient (Wildman–Crippen LogP) is 5.99. The van der Waals surface area contributed by atoms with Gasteiger partial charge in [-0.15, -0.1) is 23.2 Å². The molecule has 0 fully saturated rings. The number of aromatic nitrogens is 2. The fraction of sp³-hybridized carbons (Fsp3) is 0.0400. The van der Waals surface area contributed by atoms with E-state index in [1.54, 1.807) is 0 Å². The highest BCUT2D eigenvalue weighted by Gasteiger charge is 2.51. The zero-order chi connectivity index (χ0) is 23.4. The number of alkyl halides is 2. The van der Waals surface area contributed by atoms with Gasteiger partial charge in [-0.25, -0.2) is 9.97 Å². The molecule has 9 heteroatoms. The molecule has 0 unspecified atom stereocenters. The number of nitrogens with zero attached hydrogens (tertiary/aromatic N) is 1. The number of fused-ring (bicyclic) bond motifs is 5. The quantitative estimate of drug-likeness (QED) is 0.151. The number of halogens is 2. The second-order valence-electron chi connectivity index (χ2n) is 7.32. The number of rotatable bonds is 0. The summed E-state index contributed by atoms with van der Waals surface area (Å²) >= 11 is 9.53. The van der Waals surface area contributed by atoms with E-state index in [-0.39, 0.29) is 5.34 Å². The van der Waals surface area contributed by atoms with Gasteiger partial charge in [0.2, 0.25) is 5.52 Å². The molecule has 6 nitrogen and oxygen atoms in total. The van der Waals surface area contributed by atoms with E-state index in [1.165, 1.54) is 10.8 Å². The van der Waals surface area contributed by atoms with E-state index >= 15 is 0 Å². The average molecular weight is 493 g/mol. The van der Waals surface area contributed by atoms with Crippen LogP contribution in [0.4, 0.5) is 0 Å². The molecule has 4 heterocycles. The van der Waals surface area contributed by atoms with Gasteiger partial charge >= 0.3 is 6.96 Å². The molecule has 170 valence electrons. The molecule has 2 aliphatic heterocycles. The molecular formula is C25H19BCl2N2O4. The number of benzene rings is 3. The van der Waals surface area contributed by atoms with Gasteiger partial charge < -0.3 is 18.6 Å². The number of hydrogen-bond acceptors (Lipinski definition) is 5. The highest BCUT2D eigenvalue weighted by atomic mass is 35.5. The summed E-state index contributed by atoms with van der Waals surface area (Å²) in [6.07, 6.45) is 3.75. The van der Waals surface area contributed by atoms with Crippen molar-refractivity contribution in [2.75, 3.05) is 5.34 Å². The summed E-state index contributed by atoms with van der Waals surface area (Å²) < 4.78 is 22.5. The SMILES string of the molecule is ClCCl.c1ccc2c(c1)O[B-]1(O2)Oc2ccccc2O1.c1cnc2c(c1)ccc1ccc[nH+]c12. The highest BCUT2D eigenvalue weighted by molar-refractivity contribution is 6.59. The minimum absolute atomic E-state index is 0.194. The van der Waals surface area contributed by atoms with Crippen molar-refractivity contribution >= 4 is 52.0 Å². The maximum atomic E-state index is 5.63. The molecule has 3 aromatic carbocycles. The zero-order valence-corrected chi connectivity index (χ0v) is 19.4. The van der Waals surface area contributed by atoms with E-state index in [4.69, 9.17) is 41.8 Å². The first-order valence-electron chi connectivity index (χ1n) is 10.5. The van der Waals surface area contributed by atoms with Crippen LogP contribution in [0, 0.1) is 0 Å². The normalized spacial score (nSPS) is 13.7. The van der Waals surface area contributed by atoms with E-state index in [0.29, 0.717) is 23.0 Å². The van der Waals surface area contributed by atoms with Crippen molar-refractivity contribution in [2.24, 2.45) is 0 Å². The maximum Gasteiger partial charge on any atom is 0.777 e. The van der Waals surface area contributed by atoms with Gasteiger partial charge in [0.15, 0.2) is 6.20 Å². The van der Waals surface area contributed by atoms with E-state index in [1.807, 2.05) is 73.1 Å². The Morgan fingerprint density at radius 1 is 0.647 bits per heavy atom. The number of hydrogen-bond donors (Lipinski definition) is 0. The second-order valence-corrected chi connectivity index (χ2v) is 8.13. The molecule has 7 rings (SSSR count). The minimum atomic E-state index is -2.21. The van der Waals surface area contributed by atoms with Crippen LogP contribution in [0.25, 0.3) is 21.8 Å². The smallest absolute Gasteiger partial charge is 0.609 e. The summed E-state index contributed by atoms with van der Waals surface area (Å²) in [5.41, 5.74) is 2.14. The fourth-order valence-corrected chi connectivity index (χ4v) is 3.79. The van der Waals surface area contributed by atoms with Crippen LogP contribution in [0.1, 0.15) is 0 Å². The molecule has 0 aliphatic carbocycles. The molecular weight excluding hydrogens is 474 g/mol. The van der Waals surface area contributed by atoms with E-state index in [2.05, 4.69) is 34.2 Å². The number of pyridine rings is 2. The van der Waals surface area contributed by atoms with Crippen LogP contribution < -0.4 is 23.6 Å². The molecule has 0 atom stereocenters. The molecule has 1 N–H and O–H groups in total. The maximum absolute atomic E-state index is 5.63. The largest absolute Gasteiger partial charge is 0.777 e. The Morgan fingerprint density at radius 2 is 1.15 bits per heavy atom. The highest BCUT2D eigenvalue weighted by Crippen LogP contribution is 2.44. The van der Waals surface area contributed by atoms with Crippen molar-refractivity contribution in [3.63, 3.8) is 0 Å². The van der Waals surface area contributed by atoms with E-state index in [9.17, 15) is 0 Å². The van der Waals surface area contributed by atoms with Gasteiger partial charge in [0.1, 0.15) is 28.5 Å². The molecule has 0 bridgehead atoms. The number of nitrogens with one attached hydrogen (secondary N) is 1. The molecule has 0 saturated carbocycles. The van der Waals surface area contributed by atoms with Crippen molar-refractivity contribution in [2.45, 2.75) is 0 Å². The first kappa shape index (κ1) is 22.1. The average Bonchev–Trinajstić information content (AvgIpc) is 3.42. The van der Waals surface area contributed by atoms with Crippen molar-refractivity contribution in [3.05, 3.63) is 97.3 Å². The molecule has 0 saturated heterocycles. The van der Waals surface area contributed by atoms with Gasteiger partial charge in [0.25, 0.3) is 0 Å². The summed E-state index contributed by atoms with van der Waals surface area (Å²) in [6.45, 7) is -2.21. The number of aromatic amines is 1. The molecule has 34 heavy (non-hydrogen) atoms. The van der Waals surface area contributed by atoms with E-state index < -0.39 is 6.96 Å². The predicted molar refractivity (Wildman–Crippen MR) is 134 cm³/mol. The fourth-order valence-electron chi connectivity index (χ4n) is 3.79. The Kier molecular flexibility index (Phi) is 6.30. The van der Waals surface area contributed by atoms with Crippen LogP contribution in [-0.2, 0) is 0 Å². The monoisotopic (exact) mass is 492 g/mol.